The molecule has 1 aromatic rings. The first-order chi connectivity index (χ1) is 8.74. The van der Waals surface area contributed by atoms with Crippen LogP contribution in [0.5, 0.6) is 11.5 Å². The molecule has 0 bridgehead atoms. The van der Waals surface area contributed by atoms with Gasteiger partial charge in [0.15, 0.2) is 17.5 Å². The number of rotatable bonds is 4. The molecular weight excluding hydrogens is 357 g/mol. The summed E-state index contributed by atoms with van der Waals surface area (Å²) in [6.45, 7) is 6.71. The largest absolute Gasteiger partial charge is 0.454 e. The average Bonchev–Trinajstić information content (AvgIpc) is 2.85. The van der Waals surface area contributed by atoms with Crippen LogP contribution in [0.3, 0.4) is 0 Å². The highest BCUT2D eigenvalue weighted by Gasteiger charge is 2.13. The Bertz CT molecular complexity index is 448. The summed E-state index contributed by atoms with van der Waals surface area (Å²) in [6.07, 6.45) is 0. The van der Waals surface area contributed by atoms with Gasteiger partial charge in [0, 0.05) is 13.1 Å². The number of fused-ring (bicyclic) bond motifs is 1. The molecule has 1 heterocycles. The van der Waals surface area contributed by atoms with Crippen molar-refractivity contribution in [2.45, 2.75) is 20.4 Å². The van der Waals surface area contributed by atoms with Crippen LogP contribution < -0.4 is 15.2 Å². The van der Waals surface area contributed by atoms with E-state index in [9.17, 15) is 0 Å². The third-order valence-electron chi connectivity index (χ3n) is 2.95. The highest BCUT2D eigenvalue weighted by Crippen LogP contribution is 2.32. The maximum absolute atomic E-state index is 5.92. The minimum Gasteiger partial charge on any atom is -0.454 e. The van der Waals surface area contributed by atoms with Gasteiger partial charge in [0.05, 0.1) is 6.54 Å². The third-order valence-corrected chi connectivity index (χ3v) is 2.95. The number of nitrogens with two attached hydrogens (primary N) is 1. The number of nitrogens with zero attached hydrogens (tertiary/aromatic N) is 2. The number of ether oxygens (including phenoxy) is 2. The fourth-order valence-corrected chi connectivity index (χ4v) is 1.86. The van der Waals surface area contributed by atoms with Gasteiger partial charge >= 0.3 is 0 Å². The van der Waals surface area contributed by atoms with Gasteiger partial charge in [0.25, 0.3) is 0 Å². The topological polar surface area (TPSA) is 60.1 Å². The Morgan fingerprint density at radius 1 is 1.26 bits per heavy atom. The van der Waals surface area contributed by atoms with E-state index in [1.807, 2.05) is 23.1 Å². The van der Waals surface area contributed by atoms with Crippen molar-refractivity contribution in [3.8, 4) is 11.5 Å². The molecule has 106 valence electrons. The number of benzene rings is 1. The first kappa shape index (κ1) is 15.9. The summed E-state index contributed by atoms with van der Waals surface area (Å²) in [6, 6.07) is 5.83. The van der Waals surface area contributed by atoms with E-state index in [2.05, 4.69) is 18.8 Å². The maximum atomic E-state index is 5.92. The number of halogens is 1. The normalized spacial score (nSPS) is 13.1. The van der Waals surface area contributed by atoms with Crippen LogP contribution in [-0.2, 0) is 6.54 Å². The van der Waals surface area contributed by atoms with E-state index in [-0.39, 0.29) is 24.0 Å². The second kappa shape index (κ2) is 7.42. The van der Waals surface area contributed by atoms with Crippen molar-refractivity contribution >= 4 is 29.9 Å². The third kappa shape index (κ3) is 3.89. The van der Waals surface area contributed by atoms with Gasteiger partial charge in [-0.2, -0.15) is 0 Å². The van der Waals surface area contributed by atoms with E-state index in [1.54, 1.807) is 0 Å². The number of guanidine groups is 1. The van der Waals surface area contributed by atoms with Crippen LogP contribution in [0.1, 0.15) is 19.4 Å². The van der Waals surface area contributed by atoms with Crippen LogP contribution in [0.25, 0.3) is 0 Å². The molecule has 0 fully saturated rings. The van der Waals surface area contributed by atoms with Crippen LogP contribution in [0.15, 0.2) is 23.2 Å². The molecule has 0 unspecified atom stereocenters. The molecular formula is C13H20IN3O2. The molecule has 0 saturated carbocycles. The molecule has 0 saturated heterocycles. The molecule has 1 aromatic carbocycles. The molecule has 1 aliphatic rings. The van der Waals surface area contributed by atoms with Crippen molar-refractivity contribution in [1.82, 2.24) is 4.90 Å². The van der Waals surface area contributed by atoms with Crippen molar-refractivity contribution < 1.29 is 9.47 Å². The van der Waals surface area contributed by atoms with E-state index in [1.165, 1.54) is 0 Å². The smallest absolute Gasteiger partial charge is 0.231 e. The monoisotopic (exact) mass is 377 g/mol. The first-order valence-electron chi connectivity index (χ1n) is 6.18. The van der Waals surface area contributed by atoms with Crippen LogP contribution in [-0.4, -0.2) is 30.7 Å². The Balaban J connectivity index is 0.00000180. The molecule has 0 radical (unpaired) electrons. The number of hydrogen-bond acceptors (Lipinski definition) is 3. The molecule has 1 aliphatic heterocycles. The fraction of sp³-hybridized carbons (Fsp3) is 0.462. The highest BCUT2D eigenvalue weighted by molar-refractivity contribution is 14.0. The minimum atomic E-state index is 0. The van der Waals surface area contributed by atoms with Gasteiger partial charge in [0.2, 0.25) is 6.79 Å². The van der Waals surface area contributed by atoms with Gasteiger partial charge in [0.1, 0.15) is 0 Å². The molecule has 0 aromatic heterocycles. The molecule has 0 aliphatic carbocycles. The summed E-state index contributed by atoms with van der Waals surface area (Å²) < 4.78 is 10.6. The SMILES string of the molecule is CCN(CC)C(N)=NCc1ccc2c(c1)OCO2.I. The van der Waals surface area contributed by atoms with Gasteiger partial charge in [-0.15, -0.1) is 24.0 Å². The Morgan fingerprint density at radius 3 is 2.63 bits per heavy atom. The van der Waals surface area contributed by atoms with Crippen LogP contribution in [0.2, 0.25) is 0 Å². The van der Waals surface area contributed by atoms with Crippen LogP contribution in [0.4, 0.5) is 0 Å². The molecule has 6 heteroatoms. The predicted molar refractivity (Wildman–Crippen MR) is 86.2 cm³/mol. The van der Waals surface area contributed by atoms with Gasteiger partial charge in [-0.3, -0.25) is 0 Å². The number of hydrogen-bond donors (Lipinski definition) is 1. The molecule has 0 amide bonds. The van der Waals surface area contributed by atoms with Crippen molar-refractivity contribution in [1.29, 1.82) is 0 Å². The predicted octanol–water partition coefficient (Wildman–Crippen LogP) is 2.19. The van der Waals surface area contributed by atoms with Crippen LogP contribution >= 0.6 is 24.0 Å². The second-order valence-electron chi connectivity index (χ2n) is 4.03. The van der Waals surface area contributed by atoms with E-state index >= 15 is 0 Å². The zero-order chi connectivity index (χ0) is 13.0. The Hall–Kier alpha value is -1.18. The van der Waals surface area contributed by atoms with E-state index in [0.717, 1.165) is 30.2 Å². The molecule has 0 atom stereocenters. The average molecular weight is 377 g/mol. The Kier molecular flexibility index (Phi) is 6.20. The molecule has 19 heavy (non-hydrogen) atoms. The summed E-state index contributed by atoms with van der Waals surface area (Å²) in [5.41, 5.74) is 6.98. The highest BCUT2D eigenvalue weighted by atomic mass is 127. The summed E-state index contributed by atoms with van der Waals surface area (Å²) in [5.74, 6) is 2.15. The Labute approximate surface area is 130 Å². The lowest BCUT2D eigenvalue weighted by molar-refractivity contribution is 0.174. The van der Waals surface area contributed by atoms with E-state index < -0.39 is 0 Å². The van der Waals surface area contributed by atoms with Crippen molar-refractivity contribution in [3.05, 3.63) is 23.8 Å². The van der Waals surface area contributed by atoms with Crippen molar-refractivity contribution in [2.24, 2.45) is 10.7 Å². The molecule has 2 N–H and O–H groups in total. The van der Waals surface area contributed by atoms with Gasteiger partial charge in [-0.25, -0.2) is 4.99 Å². The number of aliphatic imine (C=N–C) groups is 1. The van der Waals surface area contributed by atoms with Crippen molar-refractivity contribution in [2.75, 3.05) is 19.9 Å². The zero-order valence-corrected chi connectivity index (χ0v) is 13.6. The first-order valence-corrected chi connectivity index (χ1v) is 6.18. The summed E-state index contributed by atoms with van der Waals surface area (Å²) in [7, 11) is 0. The molecule has 5 nitrogen and oxygen atoms in total. The zero-order valence-electron chi connectivity index (χ0n) is 11.3. The summed E-state index contributed by atoms with van der Waals surface area (Å²) in [4.78, 5) is 6.41. The summed E-state index contributed by atoms with van der Waals surface area (Å²) >= 11 is 0. The van der Waals surface area contributed by atoms with E-state index in [4.69, 9.17) is 15.2 Å². The minimum absolute atomic E-state index is 0. The van der Waals surface area contributed by atoms with Crippen LogP contribution in [0, 0.1) is 0 Å². The summed E-state index contributed by atoms with van der Waals surface area (Å²) in [5, 5.41) is 0. The van der Waals surface area contributed by atoms with Crippen molar-refractivity contribution in [3.63, 3.8) is 0 Å². The lowest BCUT2D eigenvalue weighted by atomic mass is 10.2. The lowest BCUT2D eigenvalue weighted by Gasteiger charge is -2.19. The molecule has 2 rings (SSSR count). The van der Waals surface area contributed by atoms with Gasteiger partial charge in [-0.1, -0.05) is 6.07 Å². The standard InChI is InChI=1S/C13H19N3O2.HI/c1-3-16(4-2)13(14)15-8-10-5-6-11-12(7-10)18-9-17-11;/h5-7H,3-4,8-9H2,1-2H3,(H2,14,15);1H. The van der Waals surface area contributed by atoms with E-state index in [0.29, 0.717) is 19.3 Å². The fourth-order valence-electron chi connectivity index (χ4n) is 1.86. The quantitative estimate of drug-likeness (QED) is 0.497. The Morgan fingerprint density at radius 2 is 1.95 bits per heavy atom. The molecule has 0 spiro atoms. The van der Waals surface area contributed by atoms with Gasteiger partial charge in [-0.05, 0) is 31.5 Å². The van der Waals surface area contributed by atoms with Gasteiger partial charge < -0.3 is 20.1 Å². The second-order valence-corrected chi connectivity index (χ2v) is 4.03. The lowest BCUT2D eigenvalue weighted by Crippen LogP contribution is -2.37. The maximum Gasteiger partial charge on any atom is 0.231 e.